The molecule has 0 aromatic carbocycles. The first-order valence-electron chi connectivity index (χ1n) is 2.72. The van der Waals surface area contributed by atoms with Crippen molar-refractivity contribution in [2.45, 2.75) is 18.8 Å². The van der Waals surface area contributed by atoms with Crippen LogP contribution in [0.25, 0.3) is 0 Å². The maximum Gasteiger partial charge on any atom is 0.271 e. The fourth-order valence-corrected chi connectivity index (χ4v) is 0.392. The lowest BCUT2D eigenvalue weighted by Crippen LogP contribution is -2.20. The summed E-state index contributed by atoms with van der Waals surface area (Å²) in [5.41, 5.74) is 0. The standard InChI is InChI=1S/C6H10F2O/c1-2-3-4-6(7,8)5-9/h2,9H,1,3-5H2. The summed E-state index contributed by atoms with van der Waals surface area (Å²) in [5.74, 6) is -2.92. The van der Waals surface area contributed by atoms with Gasteiger partial charge in [0.25, 0.3) is 5.92 Å². The molecule has 0 aliphatic heterocycles. The van der Waals surface area contributed by atoms with Gasteiger partial charge in [-0.05, 0) is 6.42 Å². The van der Waals surface area contributed by atoms with Gasteiger partial charge in [0.15, 0.2) is 0 Å². The number of rotatable bonds is 4. The van der Waals surface area contributed by atoms with Crippen LogP contribution in [0.1, 0.15) is 12.8 Å². The second-order valence-electron chi connectivity index (χ2n) is 1.84. The molecule has 54 valence electrons. The molecule has 9 heavy (non-hydrogen) atoms. The first-order chi connectivity index (χ1) is 4.12. The highest BCUT2D eigenvalue weighted by atomic mass is 19.3. The summed E-state index contributed by atoms with van der Waals surface area (Å²) in [6.07, 6.45) is 1.34. The molecule has 0 fully saturated rings. The lowest BCUT2D eigenvalue weighted by molar-refractivity contribution is -0.0553. The molecule has 0 heterocycles. The van der Waals surface area contributed by atoms with Gasteiger partial charge < -0.3 is 5.11 Å². The molecular formula is C6H10F2O. The van der Waals surface area contributed by atoms with Gasteiger partial charge in [-0.3, -0.25) is 0 Å². The highest BCUT2D eigenvalue weighted by Crippen LogP contribution is 2.18. The molecule has 0 aromatic rings. The molecule has 0 aliphatic rings. The summed E-state index contributed by atoms with van der Waals surface area (Å²) >= 11 is 0. The second-order valence-corrected chi connectivity index (χ2v) is 1.84. The molecule has 0 amide bonds. The van der Waals surface area contributed by atoms with E-state index >= 15 is 0 Å². The van der Waals surface area contributed by atoms with E-state index in [9.17, 15) is 8.78 Å². The van der Waals surface area contributed by atoms with Crippen molar-refractivity contribution in [3.05, 3.63) is 12.7 Å². The van der Waals surface area contributed by atoms with Crippen LogP contribution in [0.2, 0.25) is 0 Å². The van der Waals surface area contributed by atoms with Gasteiger partial charge in [-0.25, -0.2) is 8.78 Å². The molecule has 0 aliphatic carbocycles. The van der Waals surface area contributed by atoms with Crippen molar-refractivity contribution in [2.75, 3.05) is 6.61 Å². The third-order valence-corrected chi connectivity index (χ3v) is 0.946. The van der Waals surface area contributed by atoms with Gasteiger partial charge in [0.1, 0.15) is 6.61 Å². The Morgan fingerprint density at radius 2 is 2.11 bits per heavy atom. The maximum absolute atomic E-state index is 12.0. The van der Waals surface area contributed by atoms with Crippen molar-refractivity contribution in [3.8, 4) is 0 Å². The molecule has 0 saturated heterocycles. The molecule has 0 saturated carbocycles. The van der Waals surface area contributed by atoms with Gasteiger partial charge in [-0.2, -0.15) is 0 Å². The number of hydrogen-bond acceptors (Lipinski definition) is 1. The van der Waals surface area contributed by atoms with Crippen molar-refractivity contribution in [1.29, 1.82) is 0 Å². The van der Waals surface area contributed by atoms with Crippen LogP contribution in [0.4, 0.5) is 8.78 Å². The van der Waals surface area contributed by atoms with E-state index in [2.05, 4.69) is 6.58 Å². The molecule has 1 N–H and O–H groups in total. The summed E-state index contributed by atoms with van der Waals surface area (Å²) < 4.78 is 24.1. The van der Waals surface area contributed by atoms with Crippen LogP contribution in [-0.2, 0) is 0 Å². The van der Waals surface area contributed by atoms with Crippen molar-refractivity contribution in [1.82, 2.24) is 0 Å². The number of halogens is 2. The fourth-order valence-electron chi connectivity index (χ4n) is 0.392. The first-order valence-corrected chi connectivity index (χ1v) is 2.72. The van der Waals surface area contributed by atoms with Crippen LogP contribution in [0.3, 0.4) is 0 Å². The fraction of sp³-hybridized carbons (Fsp3) is 0.667. The molecule has 0 radical (unpaired) electrons. The van der Waals surface area contributed by atoms with Gasteiger partial charge in [-0.15, -0.1) is 6.58 Å². The zero-order valence-corrected chi connectivity index (χ0v) is 5.11. The molecule has 0 bridgehead atoms. The first kappa shape index (κ1) is 8.56. The highest BCUT2D eigenvalue weighted by molar-refractivity contribution is 4.72. The van der Waals surface area contributed by atoms with Crippen LogP contribution < -0.4 is 0 Å². The molecule has 0 unspecified atom stereocenters. The zero-order chi connectivity index (χ0) is 7.33. The van der Waals surface area contributed by atoms with Crippen LogP contribution in [0.5, 0.6) is 0 Å². The van der Waals surface area contributed by atoms with Crippen LogP contribution in [0, 0.1) is 0 Å². The predicted octanol–water partition coefficient (Wildman–Crippen LogP) is 1.58. The molecule has 0 atom stereocenters. The molecule has 1 nitrogen and oxygen atoms in total. The second kappa shape index (κ2) is 3.56. The van der Waals surface area contributed by atoms with Gasteiger partial charge in [0.2, 0.25) is 0 Å². The van der Waals surface area contributed by atoms with Crippen molar-refractivity contribution >= 4 is 0 Å². The van der Waals surface area contributed by atoms with Gasteiger partial charge >= 0.3 is 0 Å². The minimum absolute atomic E-state index is 0.244. The molecular weight excluding hydrogens is 126 g/mol. The molecule has 0 aromatic heterocycles. The van der Waals surface area contributed by atoms with Crippen LogP contribution >= 0.6 is 0 Å². The Kier molecular flexibility index (Phi) is 3.39. The average Bonchev–Trinajstić information content (AvgIpc) is 1.84. The topological polar surface area (TPSA) is 20.2 Å². The Morgan fingerprint density at radius 1 is 1.56 bits per heavy atom. The van der Waals surface area contributed by atoms with E-state index in [1.54, 1.807) is 0 Å². The van der Waals surface area contributed by atoms with E-state index in [-0.39, 0.29) is 12.8 Å². The monoisotopic (exact) mass is 136 g/mol. The minimum atomic E-state index is -2.92. The van der Waals surface area contributed by atoms with E-state index in [1.807, 2.05) is 0 Å². The van der Waals surface area contributed by atoms with Crippen LogP contribution in [-0.4, -0.2) is 17.6 Å². The summed E-state index contributed by atoms with van der Waals surface area (Å²) in [6.45, 7) is 2.21. The number of allylic oxidation sites excluding steroid dienone is 1. The Labute approximate surface area is 53.0 Å². The van der Waals surface area contributed by atoms with Crippen LogP contribution in [0.15, 0.2) is 12.7 Å². The third kappa shape index (κ3) is 4.09. The summed E-state index contributed by atoms with van der Waals surface area (Å²) in [6, 6.07) is 0. The molecule has 0 rings (SSSR count). The SMILES string of the molecule is C=CCCC(F)(F)CO. The lowest BCUT2D eigenvalue weighted by Gasteiger charge is -2.10. The van der Waals surface area contributed by atoms with Crippen molar-refractivity contribution < 1.29 is 13.9 Å². The smallest absolute Gasteiger partial charge is 0.271 e. The Morgan fingerprint density at radius 3 is 2.44 bits per heavy atom. The Hall–Kier alpha value is -0.440. The van der Waals surface area contributed by atoms with E-state index < -0.39 is 12.5 Å². The van der Waals surface area contributed by atoms with E-state index in [4.69, 9.17) is 5.11 Å². The number of aliphatic hydroxyl groups is 1. The normalized spacial score (nSPS) is 11.4. The van der Waals surface area contributed by atoms with Gasteiger partial charge in [0, 0.05) is 6.42 Å². The summed E-state index contributed by atoms with van der Waals surface area (Å²) in [4.78, 5) is 0. The minimum Gasteiger partial charge on any atom is -0.390 e. The summed E-state index contributed by atoms with van der Waals surface area (Å²) in [7, 11) is 0. The number of aliphatic hydroxyl groups excluding tert-OH is 1. The van der Waals surface area contributed by atoms with E-state index in [0.29, 0.717) is 0 Å². The highest BCUT2D eigenvalue weighted by Gasteiger charge is 2.25. The molecule has 0 spiro atoms. The number of alkyl halides is 2. The van der Waals surface area contributed by atoms with Crippen molar-refractivity contribution in [3.63, 3.8) is 0 Å². The summed E-state index contributed by atoms with van der Waals surface area (Å²) in [5, 5.41) is 8.04. The Bertz CT molecular complexity index is 91.1. The quantitative estimate of drug-likeness (QED) is 0.582. The Balaban J connectivity index is 3.44. The molecule has 3 heteroatoms. The maximum atomic E-state index is 12.0. The predicted molar refractivity (Wildman–Crippen MR) is 31.5 cm³/mol. The lowest BCUT2D eigenvalue weighted by atomic mass is 10.2. The van der Waals surface area contributed by atoms with Gasteiger partial charge in [-0.1, -0.05) is 6.08 Å². The third-order valence-electron chi connectivity index (χ3n) is 0.946. The van der Waals surface area contributed by atoms with E-state index in [1.165, 1.54) is 6.08 Å². The number of hydrogen-bond donors (Lipinski definition) is 1. The zero-order valence-electron chi connectivity index (χ0n) is 5.11. The largest absolute Gasteiger partial charge is 0.390 e. The van der Waals surface area contributed by atoms with Crippen molar-refractivity contribution in [2.24, 2.45) is 0 Å². The van der Waals surface area contributed by atoms with E-state index in [0.717, 1.165) is 0 Å². The van der Waals surface area contributed by atoms with Gasteiger partial charge in [0.05, 0.1) is 0 Å². The average molecular weight is 136 g/mol.